The first-order valence-corrected chi connectivity index (χ1v) is 7.67. The topological polar surface area (TPSA) is 29.1 Å². The zero-order chi connectivity index (χ0) is 13.1. The van der Waals surface area contributed by atoms with Gasteiger partial charge in [0.25, 0.3) is 5.91 Å². The van der Waals surface area contributed by atoms with Gasteiger partial charge in [-0.15, -0.1) is 22.7 Å². The molecule has 18 heavy (non-hydrogen) atoms. The van der Waals surface area contributed by atoms with Crippen molar-refractivity contribution in [1.82, 2.24) is 5.32 Å². The normalized spacial score (nSPS) is 12.4. The Hall–Kier alpha value is -0.840. The van der Waals surface area contributed by atoms with E-state index in [1.165, 1.54) is 21.1 Å². The average molecular weight is 300 g/mol. The number of rotatable bonds is 4. The number of amides is 1. The number of carbonyl (C=O) groups excluding carboxylic acids is 1. The summed E-state index contributed by atoms with van der Waals surface area (Å²) in [5.74, 6) is -0.0484. The molecule has 0 radical (unpaired) electrons. The minimum Gasteiger partial charge on any atom is -0.349 e. The fourth-order valence-corrected chi connectivity index (χ4v) is 3.64. The van der Waals surface area contributed by atoms with Gasteiger partial charge in [-0.3, -0.25) is 4.79 Å². The highest BCUT2D eigenvalue weighted by molar-refractivity contribution is 7.18. The van der Waals surface area contributed by atoms with Gasteiger partial charge >= 0.3 is 0 Å². The fourth-order valence-electron chi connectivity index (χ4n) is 1.68. The highest BCUT2D eigenvalue weighted by atomic mass is 35.5. The molecule has 0 aliphatic carbocycles. The maximum Gasteiger partial charge on any atom is 0.261 e. The molecule has 1 atom stereocenters. The van der Waals surface area contributed by atoms with Gasteiger partial charge in [0.1, 0.15) is 0 Å². The first-order valence-electron chi connectivity index (χ1n) is 5.66. The maximum absolute atomic E-state index is 11.9. The molecule has 2 nitrogen and oxygen atoms in total. The quantitative estimate of drug-likeness (QED) is 0.903. The second-order valence-electron chi connectivity index (χ2n) is 4.19. The summed E-state index contributed by atoms with van der Waals surface area (Å²) in [5, 5.41) is 2.99. The van der Waals surface area contributed by atoms with E-state index < -0.39 is 0 Å². The monoisotopic (exact) mass is 299 g/mol. The van der Waals surface area contributed by atoms with E-state index in [-0.39, 0.29) is 11.9 Å². The summed E-state index contributed by atoms with van der Waals surface area (Å²) >= 11 is 8.89. The molecular weight excluding hydrogens is 286 g/mol. The van der Waals surface area contributed by atoms with Crippen molar-refractivity contribution in [3.8, 4) is 0 Å². The lowest BCUT2D eigenvalue weighted by Crippen LogP contribution is -2.33. The van der Waals surface area contributed by atoms with Crippen LogP contribution in [0.1, 0.15) is 26.3 Å². The lowest BCUT2D eigenvalue weighted by molar-refractivity contribution is 0.0944. The van der Waals surface area contributed by atoms with Gasteiger partial charge in [-0.25, -0.2) is 0 Å². The van der Waals surface area contributed by atoms with Gasteiger partial charge in [0, 0.05) is 22.2 Å². The molecule has 0 aromatic carbocycles. The van der Waals surface area contributed by atoms with Crippen LogP contribution < -0.4 is 5.32 Å². The number of aryl methyl sites for hydroxylation is 1. The second-order valence-corrected chi connectivity index (χ2v) is 7.28. The molecule has 1 N–H and O–H groups in total. The SMILES string of the molecule is Cc1ccc(CC(C)NC(=O)c2ccc(Cl)s2)s1. The number of halogens is 1. The Morgan fingerprint density at radius 3 is 2.67 bits per heavy atom. The molecule has 2 rings (SSSR count). The predicted octanol–water partition coefficient (Wildman–Crippen LogP) is 4.13. The Balaban J connectivity index is 1.91. The number of hydrogen-bond donors (Lipinski definition) is 1. The molecule has 2 aromatic rings. The van der Waals surface area contributed by atoms with Crippen LogP contribution in [0.5, 0.6) is 0 Å². The molecule has 0 saturated heterocycles. The van der Waals surface area contributed by atoms with Crippen molar-refractivity contribution < 1.29 is 4.79 Å². The van der Waals surface area contributed by atoms with Crippen LogP contribution in [0, 0.1) is 6.92 Å². The van der Waals surface area contributed by atoms with Gasteiger partial charge in [0.05, 0.1) is 9.21 Å². The van der Waals surface area contributed by atoms with Crippen molar-refractivity contribution in [3.05, 3.63) is 43.2 Å². The minimum absolute atomic E-state index is 0.0484. The van der Waals surface area contributed by atoms with Crippen LogP contribution in [0.2, 0.25) is 4.34 Å². The molecular formula is C13H14ClNOS2. The van der Waals surface area contributed by atoms with E-state index in [0.29, 0.717) is 9.21 Å². The predicted molar refractivity (Wildman–Crippen MR) is 79.0 cm³/mol. The van der Waals surface area contributed by atoms with Crippen LogP contribution in [0.3, 0.4) is 0 Å². The summed E-state index contributed by atoms with van der Waals surface area (Å²) in [6.45, 7) is 4.10. The van der Waals surface area contributed by atoms with Crippen LogP contribution in [-0.4, -0.2) is 11.9 Å². The Kier molecular flexibility index (Phi) is 4.43. The second kappa shape index (κ2) is 5.87. The van der Waals surface area contributed by atoms with E-state index in [0.717, 1.165) is 6.42 Å². The zero-order valence-electron chi connectivity index (χ0n) is 10.2. The number of hydrogen-bond acceptors (Lipinski definition) is 3. The highest BCUT2D eigenvalue weighted by Gasteiger charge is 2.12. The third-order valence-corrected chi connectivity index (χ3v) is 4.73. The summed E-state index contributed by atoms with van der Waals surface area (Å²) < 4.78 is 0.640. The summed E-state index contributed by atoms with van der Waals surface area (Å²) in [6.07, 6.45) is 0.864. The lowest BCUT2D eigenvalue weighted by atomic mass is 10.2. The molecule has 96 valence electrons. The van der Waals surface area contributed by atoms with E-state index in [1.54, 1.807) is 23.5 Å². The number of thiophene rings is 2. The van der Waals surface area contributed by atoms with Crippen molar-refractivity contribution in [2.75, 3.05) is 0 Å². The Bertz CT molecular complexity index is 547. The summed E-state index contributed by atoms with van der Waals surface area (Å²) in [5.41, 5.74) is 0. The zero-order valence-corrected chi connectivity index (χ0v) is 12.6. The number of nitrogens with one attached hydrogen (secondary N) is 1. The maximum atomic E-state index is 11.9. The Morgan fingerprint density at radius 1 is 1.33 bits per heavy atom. The van der Waals surface area contributed by atoms with Crippen molar-refractivity contribution in [2.24, 2.45) is 0 Å². The molecule has 1 unspecified atom stereocenters. The fraction of sp³-hybridized carbons (Fsp3) is 0.308. The van der Waals surface area contributed by atoms with Crippen molar-refractivity contribution in [2.45, 2.75) is 26.3 Å². The van der Waals surface area contributed by atoms with Crippen LogP contribution in [-0.2, 0) is 6.42 Å². The van der Waals surface area contributed by atoms with Gasteiger partial charge in [0.15, 0.2) is 0 Å². The molecule has 0 saturated carbocycles. The third kappa shape index (κ3) is 3.57. The summed E-state index contributed by atoms with van der Waals surface area (Å²) in [6, 6.07) is 7.84. The Labute approximate surface area is 120 Å². The average Bonchev–Trinajstić information content (AvgIpc) is 2.87. The summed E-state index contributed by atoms with van der Waals surface area (Å²) in [7, 11) is 0. The highest BCUT2D eigenvalue weighted by Crippen LogP contribution is 2.21. The first kappa shape index (κ1) is 13.6. The standard InChI is InChI=1S/C13H14ClNOS2/c1-8(7-10-4-3-9(2)17-10)15-13(16)11-5-6-12(14)18-11/h3-6,8H,7H2,1-2H3,(H,15,16). The van der Waals surface area contributed by atoms with E-state index in [9.17, 15) is 4.79 Å². The largest absolute Gasteiger partial charge is 0.349 e. The first-order chi connectivity index (χ1) is 8.54. The smallest absolute Gasteiger partial charge is 0.261 e. The van der Waals surface area contributed by atoms with Crippen LogP contribution in [0.15, 0.2) is 24.3 Å². The summed E-state index contributed by atoms with van der Waals surface area (Å²) in [4.78, 5) is 15.2. The molecule has 1 amide bonds. The van der Waals surface area contributed by atoms with Gasteiger partial charge in [0.2, 0.25) is 0 Å². The molecule has 5 heteroatoms. The third-order valence-electron chi connectivity index (χ3n) is 2.48. The molecule has 0 aliphatic rings. The van der Waals surface area contributed by atoms with Gasteiger partial charge in [-0.1, -0.05) is 11.6 Å². The molecule has 0 spiro atoms. The minimum atomic E-state index is -0.0484. The van der Waals surface area contributed by atoms with Crippen LogP contribution in [0.25, 0.3) is 0 Å². The van der Waals surface area contributed by atoms with E-state index in [1.807, 2.05) is 6.92 Å². The van der Waals surface area contributed by atoms with Gasteiger partial charge in [-0.05, 0) is 38.1 Å². The molecule has 0 fully saturated rings. The lowest BCUT2D eigenvalue weighted by Gasteiger charge is -2.11. The molecule has 2 aromatic heterocycles. The molecule has 2 heterocycles. The van der Waals surface area contributed by atoms with Crippen molar-refractivity contribution in [3.63, 3.8) is 0 Å². The molecule has 0 bridgehead atoms. The van der Waals surface area contributed by atoms with E-state index in [2.05, 4.69) is 24.4 Å². The Morgan fingerprint density at radius 2 is 2.11 bits per heavy atom. The van der Waals surface area contributed by atoms with E-state index >= 15 is 0 Å². The molecule has 0 aliphatic heterocycles. The van der Waals surface area contributed by atoms with Crippen molar-refractivity contribution >= 4 is 40.2 Å². The van der Waals surface area contributed by atoms with Gasteiger partial charge in [-0.2, -0.15) is 0 Å². The van der Waals surface area contributed by atoms with Crippen LogP contribution >= 0.6 is 34.3 Å². The van der Waals surface area contributed by atoms with E-state index in [4.69, 9.17) is 11.6 Å². The van der Waals surface area contributed by atoms with Crippen LogP contribution in [0.4, 0.5) is 0 Å². The van der Waals surface area contributed by atoms with Crippen molar-refractivity contribution in [1.29, 1.82) is 0 Å². The number of carbonyl (C=O) groups is 1. The van der Waals surface area contributed by atoms with Gasteiger partial charge < -0.3 is 5.32 Å².